The first kappa shape index (κ1) is 27.0. The summed E-state index contributed by atoms with van der Waals surface area (Å²) in [7, 11) is 0. The first-order chi connectivity index (χ1) is 23.3. The number of fused-ring (bicyclic) bond motifs is 5. The fourth-order valence-electron chi connectivity index (χ4n) is 6.67. The van der Waals surface area contributed by atoms with Crippen molar-refractivity contribution in [3.63, 3.8) is 0 Å². The summed E-state index contributed by atoms with van der Waals surface area (Å²) in [5.41, 5.74) is 8.54. The van der Waals surface area contributed by atoms with E-state index in [2.05, 4.69) is 108 Å². The van der Waals surface area contributed by atoms with Gasteiger partial charge in [-0.1, -0.05) is 146 Å². The quantitative estimate of drug-likeness (QED) is 0.197. The number of rotatable bonds is 5. The number of benzene rings is 7. The van der Waals surface area contributed by atoms with E-state index >= 15 is 0 Å². The summed E-state index contributed by atoms with van der Waals surface area (Å²) in [6.45, 7) is 0. The van der Waals surface area contributed by atoms with Crippen molar-refractivity contribution >= 4 is 32.6 Å². The normalized spacial score (nSPS) is 11.4. The van der Waals surface area contributed by atoms with Crippen LogP contribution in [0.3, 0.4) is 0 Å². The number of nitrogens with zero attached hydrogens (tertiary/aromatic N) is 4. The van der Waals surface area contributed by atoms with Crippen molar-refractivity contribution in [2.45, 2.75) is 0 Å². The second-order valence-electron chi connectivity index (χ2n) is 11.7. The Hall–Kier alpha value is -6.39. The third kappa shape index (κ3) is 4.66. The lowest BCUT2D eigenvalue weighted by Gasteiger charge is -2.13. The fourth-order valence-corrected chi connectivity index (χ4v) is 6.67. The van der Waals surface area contributed by atoms with E-state index in [0.29, 0.717) is 17.5 Å². The molecule has 9 rings (SSSR count). The molecular weight excluding hydrogens is 573 g/mol. The van der Waals surface area contributed by atoms with Crippen LogP contribution in [-0.4, -0.2) is 19.5 Å². The minimum absolute atomic E-state index is 0.645. The Morgan fingerprint density at radius 3 is 1.60 bits per heavy atom. The van der Waals surface area contributed by atoms with E-state index in [1.165, 1.54) is 32.6 Å². The Morgan fingerprint density at radius 2 is 0.894 bits per heavy atom. The van der Waals surface area contributed by atoms with Crippen LogP contribution >= 0.6 is 0 Å². The summed E-state index contributed by atoms with van der Waals surface area (Å²) < 4.78 is 2.37. The van der Waals surface area contributed by atoms with Gasteiger partial charge in [0.2, 0.25) is 0 Å². The van der Waals surface area contributed by atoms with Crippen LogP contribution in [-0.2, 0) is 0 Å². The van der Waals surface area contributed by atoms with Crippen molar-refractivity contribution in [3.05, 3.63) is 170 Å². The van der Waals surface area contributed by atoms with Gasteiger partial charge in [-0.3, -0.25) is 0 Å². The van der Waals surface area contributed by atoms with Crippen LogP contribution in [0.1, 0.15) is 0 Å². The van der Waals surface area contributed by atoms with E-state index in [1.807, 2.05) is 66.7 Å². The topological polar surface area (TPSA) is 43.6 Å². The molecule has 2 aromatic heterocycles. The number of aromatic nitrogens is 4. The predicted octanol–water partition coefficient (Wildman–Crippen LogP) is 10.8. The van der Waals surface area contributed by atoms with Crippen molar-refractivity contribution in [2.24, 2.45) is 0 Å². The number of hydrogen-bond acceptors (Lipinski definition) is 3. The van der Waals surface area contributed by atoms with Crippen LogP contribution in [0.2, 0.25) is 0 Å². The van der Waals surface area contributed by atoms with Gasteiger partial charge >= 0.3 is 0 Å². The predicted molar refractivity (Wildman–Crippen MR) is 193 cm³/mol. The lowest BCUT2D eigenvalue weighted by Crippen LogP contribution is -2.01. The maximum atomic E-state index is 5.01. The molecule has 47 heavy (non-hydrogen) atoms. The van der Waals surface area contributed by atoms with Crippen LogP contribution in [0.5, 0.6) is 0 Å². The average molecular weight is 601 g/mol. The Labute approximate surface area is 272 Å². The van der Waals surface area contributed by atoms with Gasteiger partial charge in [0, 0.05) is 33.2 Å². The lowest BCUT2D eigenvalue weighted by molar-refractivity contribution is 1.07. The van der Waals surface area contributed by atoms with Crippen molar-refractivity contribution < 1.29 is 0 Å². The lowest BCUT2D eigenvalue weighted by atomic mass is 9.98. The van der Waals surface area contributed by atoms with E-state index in [-0.39, 0.29) is 0 Å². The van der Waals surface area contributed by atoms with E-state index in [9.17, 15) is 0 Å². The Morgan fingerprint density at radius 1 is 0.340 bits per heavy atom. The van der Waals surface area contributed by atoms with E-state index in [1.54, 1.807) is 0 Å². The highest BCUT2D eigenvalue weighted by Gasteiger charge is 2.17. The van der Waals surface area contributed by atoms with Crippen LogP contribution in [0.15, 0.2) is 170 Å². The fraction of sp³-hybridized carbons (Fsp3) is 0. The van der Waals surface area contributed by atoms with Crippen molar-refractivity contribution in [3.8, 4) is 51.0 Å². The summed E-state index contributed by atoms with van der Waals surface area (Å²) in [5.74, 6) is 1.95. The Kier molecular flexibility index (Phi) is 6.43. The molecular formula is C43H28N4. The molecule has 2 heterocycles. The summed E-state index contributed by atoms with van der Waals surface area (Å²) >= 11 is 0. The second-order valence-corrected chi connectivity index (χ2v) is 11.7. The highest BCUT2D eigenvalue weighted by molar-refractivity contribution is 6.21. The van der Waals surface area contributed by atoms with Gasteiger partial charge < -0.3 is 4.57 Å². The van der Waals surface area contributed by atoms with Gasteiger partial charge in [0.25, 0.3) is 0 Å². The van der Waals surface area contributed by atoms with Crippen molar-refractivity contribution in [2.75, 3.05) is 0 Å². The first-order valence-corrected chi connectivity index (χ1v) is 15.8. The molecule has 7 aromatic carbocycles. The number of para-hydroxylation sites is 1. The molecule has 0 atom stereocenters. The van der Waals surface area contributed by atoms with E-state index in [4.69, 9.17) is 15.0 Å². The van der Waals surface area contributed by atoms with Gasteiger partial charge in [-0.05, 0) is 46.2 Å². The van der Waals surface area contributed by atoms with E-state index in [0.717, 1.165) is 33.5 Å². The second kappa shape index (κ2) is 11.2. The molecule has 0 aliphatic rings. The van der Waals surface area contributed by atoms with Gasteiger partial charge in [0.05, 0.1) is 11.0 Å². The molecule has 0 spiro atoms. The monoisotopic (exact) mass is 600 g/mol. The average Bonchev–Trinajstić information content (AvgIpc) is 3.50. The maximum Gasteiger partial charge on any atom is 0.164 e. The molecule has 9 aromatic rings. The first-order valence-electron chi connectivity index (χ1n) is 15.8. The molecule has 0 saturated carbocycles. The van der Waals surface area contributed by atoms with Crippen LogP contribution < -0.4 is 0 Å². The maximum absolute atomic E-state index is 5.01. The molecule has 4 heteroatoms. The molecule has 0 N–H and O–H groups in total. The Balaban J connectivity index is 1.18. The van der Waals surface area contributed by atoms with Gasteiger partial charge in [-0.25, -0.2) is 15.0 Å². The van der Waals surface area contributed by atoms with Gasteiger partial charge in [-0.15, -0.1) is 0 Å². The molecule has 0 amide bonds. The SMILES string of the molecule is c1ccc(-c2nc(-c3ccccc3)nc(-c3ccccc3-c3ccc(-n4c5ccccc5c5c6ccccc6ccc54)cc3)n2)cc1. The molecule has 220 valence electrons. The highest BCUT2D eigenvalue weighted by atomic mass is 15.0. The number of hydrogen-bond donors (Lipinski definition) is 0. The van der Waals surface area contributed by atoms with Gasteiger partial charge in [0.15, 0.2) is 17.5 Å². The van der Waals surface area contributed by atoms with Gasteiger partial charge in [-0.2, -0.15) is 0 Å². The molecule has 4 nitrogen and oxygen atoms in total. The van der Waals surface area contributed by atoms with Crippen molar-refractivity contribution in [1.29, 1.82) is 0 Å². The summed E-state index contributed by atoms with van der Waals surface area (Å²) in [5, 5.41) is 5.06. The molecule has 0 unspecified atom stereocenters. The molecule has 0 fully saturated rings. The molecule has 0 bridgehead atoms. The summed E-state index contributed by atoms with van der Waals surface area (Å²) in [6, 6.07) is 59.2. The zero-order chi connectivity index (χ0) is 31.2. The third-order valence-electron chi connectivity index (χ3n) is 8.87. The molecule has 0 radical (unpaired) electrons. The van der Waals surface area contributed by atoms with Crippen LogP contribution in [0.25, 0.3) is 83.6 Å². The third-order valence-corrected chi connectivity index (χ3v) is 8.87. The minimum Gasteiger partial charge on any atom is -0.309 e. The zero-order valence-electron chi connectivity index (χ0n) is 25.5. The highest BCUT2D eigenvalue weighted by Crippen LogP contribution is 2.38. The van der Waals surface area contributed by atoms with Gasteiger partial charge in [0.1, 0.15) is 0 Å². The van der Waals surface area contributed by atoms with Crippen molar-refractivity contribution in [1.82, 2.24) is 19.5 Å². The largest absolute Gasteiger partial charge is 0.309 e. The van der Waals surface area contributed by atoms with Crippen LogP contribution in [0, 0.1) is 0 Å². The summed E-state index contributed by atoms with van der Waals surface area (Å²) in [4.78, 5) is 14.9. The minimum atomic E-state index is 0.645. The molecule has 0 saturated heterocycles. The smallest absolute Gasteiger partial charge is 0.164 e. The molecule has 0 aliphatic heterocycles. The van der Waals surface area contributed by atoms with Crippen LogP contribution in [0.4, 0.5) is 0 Å². The Bertz CT molecular complexity index is 2490. The zero-order valence-corrected chi connectivity index (χ0v) is 25.5. The van der Waals surface area contributed by atoms with E-state index < -0.39 is 0 Å². The molecule has 0 aliphatic carbocycles. The standard InChI is InChI=1S/C43H28N4/c1-3-14-31(15-4-1)41-44-42(32-16-5-2-6-17-32)46-43(45-41)36-20-10-9-18-34(36)30-23-26-33(27-24-30)47-38-22-12-11-21-37(38)40-35-19-8-7-13-29(35)25-28-39(40)47/h1-28H. The summed E-state index contributed by atoms with van der Waals surface area (Å²) in [6.07, 6.45) is 0.